The molecule has 1 unspecified atom stereocenters. The minimum atomic E-state index is -1.06. The standard InChI is InChI=1S/C18H17N3O4S/c1-26(25)10-9-20-16-8-7-14(21(23)24)11-15(16)18(19-12-17(20)22)13-5-3-2-4-6-13/h2-8,11H,9-10,12H2,1H3. The van der Waals surface area contributed by atoms with Crippen LogP contribution in [0.1, 0.15) is 11.1 Å². The zero-order valence-electron chi connectivity index (χ0n) is 14.1. The van der Waals surface area contributed by atoms with Crippen molar-refractivity contribution < 1.29 is 14.3 Å². The fourth-order valence-electron chi connectivity index (χ4n) is 2.82. The van der Waals surface area contributed by atoms with E-state index in [1.54, 1.807) is 12.3 Å². The van der Waals surface area contributed by atoms with Crippen molar-refractivity contribution in [1.29, 1.82) is 0 Å². The van der Waals surface area contributed by atoms with E-state index in [0.29, 0.717) is 22.7 Å². The number of benzodiazepines with no additional fused rings is 1. The Labute approximate surface area is 153 Å². The number of carbonyl (C=O) groups is 1. The van der Waals surface area contributed by atoms with E-state index in [1.807, 2.05) is 30.3 Å². The Morgan fingerprint density at radius 1 is 1.23 bits per heavy atom. The molecule has 0 fully saturated rings. The summed E-state index contributed by atoms with van der Waals surface area (Å²) < 4.78 is 11.5. The lowest BCUT2D eigenvalue weighted by Crippen LogP contribution is -2.36. The van der Waals surface area contributed by atoms with Crippen LogP contribution in [-0.4, -0.2) is 46.2 Å². The SMILES string of the molecule is C[S+]([O-])CCN1C(=O)CN=C(c2ccccc2)c2cc([N+](=O)[O-])ccc21. The average Bonchev–Trinajstić information content (AvgIpc) is 2.76. The van der Waals surface area contributed by atoms with E-state index in [1.165, 1.54) is 17.0 Å². The van der Waals surface area contributed by atoms with Gasteiger partial charge in [0.1, 0.15) is 12.3 Å². The molecule has 0 aliphatic carbocycles. The highest BCUT2D eigenvalue weighted by atomic mass is 32.2. The van der Waals surface area contributed by atoms with Gasteiger partial charge in [-0.1, -0.05) is 41.5 Å². The lowest BCUT2D eigenvalue weighted by atomic mass is 9.99. The van der Waals surface area contributed by atoms with Crippen LogP contribution in [0.3, 0.4) is 0 Å². The van der Waals surface area contributed by atoms with Crippen molar-refractivity contribution in [2.45, 2.75) is 0 Å². The van der Waals surface area contributed by atoms with Gasteiger partial charge in [-0.2, -0.15) is 0 Å². The smallest absolute Gasteiger partial charge is 0.270 e. The van der Waals surface area contributed by atoms with Crippen molar-refractivity contribution >= 4 is 34.2 Å². The lowest BCUT2D eigenvalue weighted by molar-refractivity contribution is -0.384. The highest BCUT2D eigenvalue weighted by molar-refractivity contribution is 7.90. The second-order valence-electron chi connectivity index (χ2n) is 5.81. The highest BCUT2D eigenvalue weighted by Crippen LogP contribution is 2.30. The van der Waals surface area contributed by atoms with Crippen molar-refractivity contribution in [1.82, 2.24) is 0 Å². The molecule has 1 atom stereocenters. The average molecular weight is 371 g/mol. The number of non-ortho nitro benzene ring substituents is 1. The second-order valence-corrected chi connectivity index (χ2v) is 7.37. The van der Waals surface area contributed by atoms with Crippen molar-refractivity contribution in [2.24, 2.45) is 4.99 Å². The fraction of sp³-hybridized carbons (Fsp3) is 0.222. The van der Waals surface area contributed by atoms with Gasteiger partial charge in [0, 0.05) is 23.3 Å². The van der Waals surface area contributed by atoms with Crippen LogP contribution in [0.15, 0.2) is 53.5 Å². The summed E-state index contributed by atoms with van der Waals surface area (Å²) in [7, 11) is 0. The van der Waals surface area contributed by atoms with E-state index in [4.69, 9.17) is 0 Å². The van der Waals surface area contributed by atoms with Crippen LogP contribution >= 0.6 is 0 Å². The first-order valence-corrected chi connectivity index (χ1v) is 9.69. The molecule has 0 saturated heterocycles. The van der Waals surface area contributed by atoms with Crippen LogP contribution < -0.4 is 4.90 Å². The molecule has 2 aromatic carbocycles. The van der Waals surface area contributed by atoms with Gasteiger partial charge < -0.3 is 9.45 Å². The van der Waals surface area contributed by atoms with Gasteiger partial charge in [-0.25, -0.2) is 0 Å². The van der Waals surface area contributed by atoms with Crippen LogP contribution in [0.25, 0.3) is 0 Å². The number of nitrogens with zero attached hydrogens (tertiary/aromatic N) is 3. The molecule has 1 heterocycles. The zero-order chi connectivity index (χ0) is 18.7. The number of aliphatic imine (C=N–C) groups is 1. The van der Waals surface area contributed by atoms with Gasteiger partial charge in [-0.05, 0) is 6.07 Å². The minimum absolute atomic E-state index is 0.0664. The molecule has 0 N–H and O–H groups in total. The number of amides is 1. The molecular weight excluding hydrogens is 354 g/mol. The third kappa shape index (κ3) is 3.76. The zero-order valence-corrected chi connectivity index (χ0v) is 14.9. The molecule has 8 heteroatoms. The number of hydrogen-bond donors (Lipinski definition) is 0. The molecular formula is C18H17N3O4S. The van der Waals surface area contributed by atoms with E-state index in [2.05, 4.69) is 4.99 Å². The van der Waals surface area contributed by atoms with Gasteiger partial charge in [-0.3, -0.25) is 19.9 Å². The summed E-state index contributed by atoms with van der Waals surface area (Å²) in [5, 5.41) is 11.2. The number of nitro groups is 1. The van der Waals surface area contributed by atoms with Crippen LogP contribution in [0.5, 0.6) is 0 Å². The molecule has 1 aliphatic rings. The van der Waals surface area contributed by atoms with Crippen LogP contribution in [0.2, 0.25) is 0 Å². The van der Waals surface area contributed by atoms with Crippen molar-refractivity contribution in [3.8, 4) is 0 Å². The number of nitro benzene ring substituents is 1. The maximum absolute atomic E-state index is 12.6. The third-order valence-corrected chi connectivity index (χ3v) is 4.82. The largest absolute Gasteiger partial charge is 0.617 e. The first-order valence-electron chi connectivity index (χ1n) is 7.96. The molecule has 2 aromatic rings. The number of hydrogen-bond acceptors (Lipinski definition) is 5. The number of benzene rings is 2. The quantitative estimate of drug-likeness (QED) is 0.457. The second kappa shape index (κ2) is 7.67. The molecule has 0 aromatic heterocycles. The topological polar surface area (TPSA) is 98.9 Å². The molecule has 0 radical (unpaired) electrons. The summed E-state index contributed by atoms with van der Waals surface area (Å²) in [6.07, 6.45) is 1.57. The summed E-state index contributed by atoms with van der Waals surface area (Å²) in [4.78, 5) is 29.3. The van der Waals surface area contributed by atoms with Gasteiger partial charge in [0.2, 0.25) is 5.91 Å². The van der Waals surface area contributed by atoms with Gasteiger partial charge >= 0.3 is 0 Å². The summed E-state index contributed by atoms with van der Waals surface area (Å²) in [5.74, 6) is 0.0968. The lowest BCUT2D eigenvalue weighted by Gasteiger charge is -2.22. The highest BCUT2D eigenvalue weighted by Gasteiger charge is 2.27. The van der Waals surface area contributed by atoms with E-state index >= 15 is 0 Å². The third-order valence-electron chi connectivity index (χ3n) is 4.06. The van der Waals surface area contributed by atoms with Gasteiger partial charge in [0.05, 0.1) is 29.1 Å². The Balaban J connectivity index is 2.14. The number of fused-ring (bicyclic) bond motifs is 1. The first-order chi connectivity index (χ1) is 12.5. The predicted molar refractivity (Wildman–Crippen MR) is 101 cm³/mol. The van der Waals surface area contributed by atoms with Gasteiger partial charge in [-0.15, -0.1) is 0 Å². The molecule has 0 spiro atoms. The Bertz CT molecular complexity index is 868. The summed E-state index contributed by atoms with van der Waals surface area (Å²) >= 11 is -1.06. The molecule has 134 valence electrons. The molecule has 3 rings (SSSR count). The summed E-state index contributed by atoms with van der Waals surface area (Å²) in [6.45, 7) is 0.202. The number of carbonyl (C=O) groups excluding carboxylic acids is 1. The van der Waals surface area contributed by atoms with Crippen molar-refractivity contribution in [3.63, 3.8) is 0 Å². The van der Waals surface area contributed by atoms with Crippen LogP contribution in [-0.2, 0) is 16.0 Å². The van der Waals surface area contributed by atoms with Crippen molar-refractivity contribution in [3.05, 3.63) is 69.8 Å². The fourth-order valence-corrected chi connectivity index (χ4v) is 3.26. The Morgan fingerprint density at radius 2 is 1.96 bits per heavy atom. The van der Waals surface area contributed by atoms with E-state index < -0.39 is 16.1 Å². The first kappa shape index (κ1) is 18.1. The van der Waals surface area contributed by atoms with Crippen molar-refractivity contribution in [2.75, 3.05) is 30.0 Å². The number of rotatable bonds is 5. The number of anilines is 1. The minimum Gasteiger partial charge on any atom is -0.617 e. The molecule has 0 bridgehead atoms. The molecule has 26 heavy (non-hydrogen) atoms. The molecule has 1 amide bonds. The summed E-state index contributed by atoms with van der Waals surface area (Å²) in [6, 6.07) is 13.6. The molecule has 1 aliphatic heterocycles. The van der Waals surface area contributed by atoms with E-state index in [9.17, 15) is 19.5 Å². The maximum atomic E-state index is 12.6. The monoisotopic (exact) mass is 371 g/mol. The van der Waals surface area contributed by atoms with Gasteiger partial charge in [0.25, 0.3) is 5.69 Å². The van der Waals surface area contributed by atoms with E-state index in [0.717, 1.165) is 5.56 Å². The molecule has 7 nitrogen and oxygen atoms in total. The Hall–Kier alpha value is -2.71. The van der Waals surface area contributed by atoms with Crippen LogP contribution in [0, 0.1) is 10.1 Å². The normalized spacial score (nSPS) is 15.1. The summed E-state index contributed by atoms with van der Waals surface area (Å²) in [5.41, 5.74) is 2.32. The Morgan fingerprint density at radius 3 is 2.62 bits per heavy atom. The predicted octanol–water partition coefficient (Wildman–Crippen LogP) is 2.16. The van der Waals surface area contributed by atoms with Crippen LogP contribution in [0.4, 0.5) is 11.4 Å². The Kier molecular flexibility index (Phi) is 5.34. The van der Waals surface area contributed by atoms with E-state index in [-0.39, 0.29) is 24.7 Å². The maximum Gasteiger partial charge on any atom is 0.270 e. The van der Waals surface area contributed by atoms with Gasteiger partial charge in [0.15, 0.2) is 0 Å². The molecule has 0 saturated carbocycles.